The van der Waals surface area contributed by atoms with Crippen molar-refractivity contribution in [1.29, 1.82) is 0 Å². The Labute approximate surface area is 104 Å². The van der Waals surface area contributed by atoms with Crippen molar-refractivity contribution in [1.82, 2.24) is 4.90 Å². The Balaban J connectivity index is 1.63. The summed E-state index contributed by atoms with van der Waals surface area (Å²) in [6.45, 7) is 2.77. The molecule has 0 spiro atoms. The molecule has 0 aromatic carbocycles. The van der Waals surface area contributed by atoms with Gasteiger partial charge in [-0.25, -0.2) is 0 Å². The van der Waals surface area contributed by atoms with Crippen molar-refractivity contribution in [2.75, 3.05) is 19.6 Å². The fourth-order valence-electron chi connectivity index (χ4n) is 4.29. The van der Waals surface area contributed by atoms with E-state index in [9.17, 15) is 4.79 Å². The summed E-state index contributed by atoms with van der Waals surface area (Å²) in [5.41, 5.74) is 5.78. The normalized spacial score (nSPS) is 40.9. The van der Waals surface area contributed by atoms with E-state index in [1.54, 1.807) is 0 Å². The first-order chi connectivity index (χ1) is 8.29. The van der Waals surface area contributed by atoms with Gasteiger partial charge in [0.25, 0.3) is 0 Å². The summed E-state index contributed by atoms with van der Waals surface area (Å²) >= 11 is 0. The topological polar surface area (TPSA) is 46.3 Å². The van der Waals surface area contributed by atoms with E-state index < -0.39 is 0 Å². The highest BCUT2D eigenvalue weighted by atomic mass is 16.2. The molecular weight excluding hydrogens is 212 g/mol. The smallest absolute Gasteiger partial charge is 0.226 e. The van der Waals surface area contributed by atoms with Crippen LogP contribution in [0.2, 0.25) is 0 Å². The van der Waals surface area contributed by atoms with Crippen LogP contribution in [0.1, 0.15) is 38.5 Å². The average Bonchev–Trinajstić information content (AvgIpc) is 3.02. The highest BCUT2D eigenvalue weighted by Crippen LogP contribution is 2.40. The lowest BCUT2D eigenvalue weighted by atomic mass is 9.95. The maximum atomic E-state index is 12.5. The van der Waals surface area contributed by atoms with Crippen LogP contribution in [0.4, 0.5) is 0 Å². The van der Waals surface area contributed by atoms with Crippen molar-refractivity contribution in [2.45, 2.75) is 38.5 Å². The molecule has 3 nitrogen and oxygen atoms in total. The van der Waals surface area contributed by atoms with Crippen molar-refractivity contribution < 1.29 is 4.79 Å². The second-order valence-electron chi connectivity index (χ2n) is 6.23. The van der Waals surface area contributed by atoms with Gasteiger partial charge in [-0.3, -0.25) is 4.79 Å². The minimum atomic E-state index is 0.249. The number of rotatable bonds is 2. The Morgan fingerprint density at radius 2 is 1.71 bits per heavy atom. The second-order valence-corrected chi connectivity index (χ2v) is 6.23. The van der Waals surface area contributed by atoms with Gasteiger partial charge in [-0.05, 0) is 50.0 Å². The van der Waals surface area contributed by atoms with Crippen molar-refractivity contribution in [2.24, 2.45) is 29.4 Å². The lowest BCUT2D eigenvalue weighted by Crippen LogP contribution is -2.38. The van der Waals surface area contributed by atoms with Crippen LogP contribution in [0.5, 0.6) is 0 Å². The first-order valence-electron chi connectivity index (χ1n) is 7.28. The molecule has 1 amide bonds. The Morgan fingerprint density at radius 3 is 2.35 bits per heavy atom. The number of carbonyl (C=O) groups excluding carboxylic acids is 1. The molecular formula is C14H24N2O. The molecule has 0 bridgehead atoms. The second kappa shape index (κ2) is 4.60. The fraction of sp³-hybridized carbons (Fsp3) is 0.929. The third kappa shape index (κ3) is 1.99. The van der Waals surface area contributed by atoms with Gasteiger partial charge in [-0.2, -0.15) is 0 Å². The van der Waals surface area contributed by atoms with Gasteiger partial charge in [-0.15, -0.1) is 0 Å². The van der Waals surface area contributed by atoms with E-state index in [4.69, 9.17) is 5.73 Å². The summed E-state index contributed by atoms with van der Waals surface area (Å²) in [5, 5.41) is 0. The molecule has 0 radical (unpaired) electrons. The molecule has 0 aromatic heterocycles. The number of amides is 1. The van der Waals surface area contributed by atoms with Gasteiger partial charge in [0.1, 0.15) is 0 Å². The number of nitrogens with two attached hydrogens (primary N) is 1. The Kier molecular flexibility index (Phi) is 3.12. The number of fused-ring (bicyclic) bond motifs is 1. The third-order valence-electron chi connectivity index (χ3n) is 5.32. The Morgan fingerprint density at radius 1 is 1.06 bits per heavy atom. The molecule has 3 aliphatic rings. The molecule has 3 rings (SSSR count). The van der Waals surface area contributed by atoms with Crippen molar-refractivity contribution in [3.05, 3.63) is 0 Å². The molecule has 1 saturated heterocycles. The predicted octanol–water partition coefficient (Wildman–Crippen LogP) is 1.62. The lowest BCUT2D eigenvalue weighted by molar-refractivity contribution is -0.135. The number of carbonyl (C=O) groups is 1. The zero-order chi connectivity index (χ0) is 11.8. The van der Waals surface area contributed by atoms with Gasteiger partial charge in [0.2, 0.25) is 5.91 Å². The monoisotopic (exact) mass is 236 g/mol. The average molecular weight is 236 g/mol. The van der Waals surface area contributed by atoms with Crippen LogP contribution in [0.25, 0.3) is 0 Å². The lowest BCUT2D eigenvalue weighted by Gasteiger charge is -2.24. The number of nitrogens with zero attached hydrogens (tertiary/aromatic N) is 1. The summed E-state index contributed by atoms with van der Waals surface area (Å²) in [5.74, 6) is 2.77. The zero-order valence-electron chi connectivity index (χ0n) is 10.6. The summed E-state index contributed by atoms with van der Waals surface area (Å²) in [6, 6.07) is 0. The Bertz CT molecular complexity index is 293. The molecule has 3 heteroatoms. The first-order valence-corrected chi connectivity index (χ1v) is 7.28. The molecule has 3 fully saturated rings. The molecule has 96 valence electrons. The molecule has 0 aromatic rings. The van der Waals surface area contributed by atoms with Crippen molar-refractivity contribution in [3.8, 4) is 0 Å². The molecule has 17 heavy (non-hydrogen) atoms. The van der Waals surface area contributed by atoms with Gasteiger partial charge < -0.3 is 10.6 Å². The fourth-order valence-corrected chi connectivity index (χ4v) is 4.29. The molecule has 4 unspecified atom stereocenters. The SMILES string of the molecule is NCC1CCCC1C(=O)N1CC2CCCC2C1. The van der Waals surface area contributed by atoms with Crippen LogP contribution < -0.4 is 5.73 Å². The van der Waals surface area contributed by atoms with Gasteiger partial charge in [0.05, 0.1) is 0 Å². The van der Waals surface area contributed by atoms with Crippen LogP contribution in [0.15, 0.2) is 0 Å². The molecule has 4 atom stereocenters. The highest BCUT2D eigenvalue weighted by Gasteiger charge is 2.42. The van der Waals surface area contributed by atoms with E-state index in [-0.39, 0.29) is 5.92 Å². The van der Waals surface area contributed by atoms with Crippen molar-refractivity contribution in [3.63, 3.8) is 0 Å². The van der Waals surface area contributed by atoms with Gasteiger partial charge in [0.15, 0.2) is 0 Å². The number of likely N-dealkylation sites (tertiary alicyclic amines) is 1. The largest absolute Gasteiger partial charge is 0.342 e. The minimum absolute atomic E-state index is 0.249. The summed E-state index contributed by atoms with van der Waals surface area (Å²) in [4.78, 5) is 14.7. The molecule has 2 saturated carbocycles. The maximum absolute atomic E-state index is 12.5. The van der Waals surface area contributed by atoms with Gasteiger partial charge in [-0.1, -0.05) is 12.8 Å². The zero-order valence-corrected chi connectivity index (χ0v) is 10.6. The van der Waals surface area contributed by atoms with E-state index in [0.29, 0.717) is 18.4 Å². The predicted molar refractivity (Wildman–Crippen MR) is 67.3 cm³/mol. The maximum Gasteiger partial charge on any atom is 0.226 e. The van der Waals surface area contributed by atoms with E-state index in [0.717, 1.165) is 37.8 Å². The van der Waals surface area contributed by atoms with E-state index in [2.05, 4.69) is 4.90 Å². The van der Waals surface area contributed by atoms with Crippen LogP contribution in [-0.4, -0.2) is 30.4 Å². The third-order valence-corrected chi connectivity index (χ3v) is 5.32. The summed E-state index contributed by atoms with van der Waals surface area (Å²) in [6.07, 6.45) is 7.50. The molecule has 1 aliphatic heterocycles. The quantitative estimate of drug-likeness (QED) is 0.792. The molecule has 2 aliphatic carbocycles. The van der Waals surface area contributed by atoms with Gasteiger partial charge in [0, 0.05) is 19.0 Å². The first kappa shape index (κ1) is 11.5. The Hall–Kier alpha value is -0.570. The number of hydrogen-bond donors (Lipinski definition) is 1. The van der Waals surface area contributed by atoms with Crippen LogP contribution in [0, 0.1) is 23.7 Å². The van der Waals surface area contributed by atoms with Crippen LogP contribution in [0.3, 0.4) is 0 Å². The van der Waals surface area contributed by atoms with Crippen LogP contribution >= 0.6 is 0 Å². The van der Waals surface area contributed by atoms with E-state index >= 15 is 0 Å². The van der Waals surface area contributed by atoms with Crippen LogP contribution in [-0.2, 0) is 4.79 Å². The highest BCUT2D eigenvalue weighted by molar-refractivity contribution is 5.79. The van der Waals surface area contributed by atoms with Crippen molar-refractivity contribution >= 4 is 5.91 Å². The molecule has 2 N–H and O–H groups in total. The summed E-state index contributed by atoms with van der Waals surface area (Å²) in [7, 11) is 0. The molecule has 1 heterocycles. The van der Waals surface area contributed by atoms with E-state index in [1.165, 1.54) is 25.7 Å². The summed E-state index contributed by atoms with van der Waals surface area (Å²) < 4.78 is 0. The van der Waals surface area contributed by atoms with Gasteiger partial charge >= 0.3 is 0 Å². The number of hydrogen-bond acceptors (Lipinski definition) is 2. The standard InChI is InChI=1S/C14H24N2O/c15-7-10-3-2-6-13(10)14(17)16-8-11-4-1-5-12(11)9-16/h10-13H,1-9,15H2. The minimum Gasteiger partial charge on any atom is -0.342 e. The van der Waals surface area contributed by atoms with E-state index in [1.807, 2.05) is 0 Å².